The molecule has 0 saturated carbocycles. The third-order valence-electron chi connectivity index (χ3n) is 2.47. The van der Waals surface area contributed by atoms with E-state index in [1.165, 1.54) is 4.68 Å². The highest BCUT2D eigenvalue weighted by atomic mass is 35.5. The van der Waals surface area contributed by atoms with Crippen molar-refractivity contribution in [2.45, 2.75) is 25.6 Å². The van der Waals surface area contributed by atoms with E-state index in [2.05, 4.69) is 15.3 Å². The van der Waals surface area contributed by atoms with Crippen molar-refractivity contribution in [1.29, 1.82) is 0 Å². The maximum absolute atomic E-state index is 6.26. The van der Waals surface area contributed by atoms with E-state index in [0.29, 0.717) is 22.0 Å². The zero-order valence-electron chi connectivity index (χ0n) is 9.86. The summed E-state index contributed by atoms with van der Waals surface area (Å²) in [5.74, 6) is 1.06. The van der Waals surface area contributed by atoms with E-state index in [1.807, 2.05) is 13.8 Å². The van der Waals surface area contributed by atoms with Crippen molar-refractivity contribution in [2.24, 2.45) is 0 Å². The molecule has 0 aliphatic heterocycles. The standard InChI is InChI=1S/C11H11Cl3N4/c1-6(2)10-7(5-12)11(14)18(17-10)9-4-3-8(13)15-16-9/h3-4,6H,5H2,1-2H3. The smallest absolute Gasteiger partial charge is 0.177 e. The number of hydrogen-bond donors (Lipinski definition) is 0. The second-order valence-electron chi connectivity index (χ2n) is 4.07. The van der Waals surface area contributed by atoms with E-state index in [4.69, 9.17) is 34.8 Å². The molecule has 0 fully saturated rings. The van der Waals surface area contributed by atoms with Crippen molar-refractivity contribution in [2.75, 3.05) is 0 Å². The van der Waals surface area contributed by atoms with E-state index in [-0.39, 0.29) is 5.92 Å². The molecule has 0 spiro atoms. The summed E-state index contributed by atoms with van der Waals surface area (Å²) in [5.41, 5.74) is 1.69. The highest BCUT2D eigenvalue weighted by Gasteiger charge is 2.19. The Kier molecular flexibility index (Phi) is 4.10. The highest BCUT2D eigenvalue weighted by molar-refractivity contribution is 6.31. The number of rotatable bonds is 3. The van der Waals surface area contributed by atoms with Crippen LogP contribution in [0, 0.1) is 0 Å². The predicted octanol–water partition coefficient (Wildman–Crippen LogP) is 3.83. The van der Waals surface area contributed by atoms with Crippen LogP contribution in [0.25, 0.3) is 5.82 Å². The van der Waals surface area contributed by atoms with Gasteiger partial charge >= 0.3 is 0 Å². The first-order valence-electron chi connectivity index (χ1n) is 5.37. The molecule has 0 bridgehead atoms. The van der Waals surface area contributed by atoms with E-state index < -0.39 is 0 Å². The van der Waals surface area contributed by atoms with Crippen molar-refractivity contribution < 1.29 is 0 Å². The van der Waals surface area contributed by atoms with Gasteiger partial charge in [-0.2, -0.15) is 5.10 Å². The Bertz CT molecular complexity index is 548. The fourth-order valence-corrected chi connectivity index (χ4v) is 2.33. The topological polar surface area (TPSA) is 43.6 Å². The molecule has 0 aliphatic carbocycles. The van der Waals surface area contributed by atoms with Gasteiger partial charge in [-0.25, -0.2) is 4.68 Å². The molecule has 0 N–H and O–H groups in total. The number of alkyl halides is 1. The first-order chi connectivity index (χ1) is 8.54. The van der Waals surface area contributed by atoms with Crippen LogP contribution in [0.15, 0.2) is 12.1 Å². The fourth-order valence-electron chi connectivity index (χ4n) is 1.61. The Morgan fingerprint density at radius 1 is 1.22 bits per heavy atom. The second kappa shape index (κ2) is 5.43. The summed E-state index contributed by atoms with van der Waals surface area (Å²) in [6.07, 6.45) is 0. The molecule has 96 valence electrons. The Balaban J connectivity index is 2.55. The molecular formula is C11H11Cl3N4. The van der Waals surface area contributed by atoms with E-state index in [1.54, 1.807) is 12.1 Å². The Morgan fingerprint density at radius 3 is 2.39 bits per heavy atom. The van der Waals surface area contributed by atoms with Crippen LogP contribution in [0.4, 0.5) is 0 Å². The zero-order chi connectivity index (χ0) is 13.3. The van der Waals surface area contributed by atoms with Crippen LogP contribution in [-0.4, -0.2) is 20.0 Å². The maximum atomic E-state index is 6.26. The van der Waals surface area contributed by atoms with Gasteiger partial charge < -0.3 is 0 Å². The van der Waals surface area contributed by atoms with Gasteiger partial charge in [-0.05, 0) is 18.1 Å². The van der Waals surface area contributed by atoms with E-state index in [9.17, 15) is 0 Å². The van der Waals surface area contributed by atoms with Crippen LogP contribution < -0.4 is 0 Å². The van der Waals surface area contributed by atoms with Crippen LogP contribution in [0.2, 0.25) is 10.3 Å². The van der Waals surface area contributed by atoms with Gasteiger partial charge in [0.05, 0.1) is 11.6 Å². The molecule has 0 amide bonds. The summed E-state index contributed by atoms with van der Waals surface area (Å²) < 4.78 is 1.53. The Labute approximate surface area is 120 Å². The van der Waals surface area contributed by atoms with Gasteiger partial charge in [-0.15, -0.1) is 21.8 Å². The zero-order valence-corrected chi connectivity index (χ0v) is 12.1. The van der Waals surface area contributed by atoms with Gasteiger partial charge in [0.1, 0.15) is 5.15 Å². The minimum Gasteiger partial charge on any atom is -0.201 e. The number of aromatic nitrogens is 4. The average Bonchev–Trinajstić information content (AvgIpc) is 2.67. The van der Waals surface area contributed by atoms with Crippen LogP contribution in [-0.2, 0) is 5.88 Å². The number of nitrogens with zero attached hydrogens (tertiary/aromatic N) is 4. The first kappa shape index (κ1) is 13.6. The van der Waals surface area contributed by atoms with Crippen molar-refractivity contribution >= 4 is 34.8 Å². The molecule has 2 aromatic rings. The van der Waals surface area contributed by atoms with Gasteiger partial charge in [0.2, 0.25) is 0 Å². The minimum atomic E-state index is 0.234. The van der Waals surface area contributed by atoms with Crippen LogP contribution >= 0.6 is 34.8 Å². The summed E-state index contributed by atoms with van der Waals surface area (Å²) in [6, 6.07) is 3.34. The van der Waals surface area contributed by atoms with Crippen LogP contribution in [0.3, 0.4) is 0 Å². The number of hydrogen-bond acceptors (Lipinski definition) is 3. The molecular weight excluding hydrogens is 295 g/mol. The summed E-state index contributed by atoms with van der Waals surface area (Å²) in [4.78, 5) is 0. The normalized spacial score (nSPS) is 11.2. The lowest BCUT2D eigenvalue weighted by Crippen LogP contribution is -2.02. The molecule has 0 aromatic carbocycles. The highest BCUT2D eigenvalue weighted by Crippen LogP contribution is 2.29. The summed E-state index contributed by atoms with van der Waals surface area (Å²) in [7, 11) is 0. The van der Waals surface area contributed by atoms with Crippen LogP contribution in [0.1, 0.15) is 31.0 Å². The molecule has 2 heterocycles. The summed E-state index contributed by atoms with van der Waals surface area (Å²) >= 11 is 17.9. The van der Waals surface area contributed by atoms with Gasteiger partial charge in [0, 0.05) is 5.56 Å². The second-order valence-corrected chi connectivity index (χ2v) is 5.08. The molecule has 2 rings (SSSR count). The molecule has 0 aliphatic rings. The number of halogens is 3. The molecule has 7 heteroatoms. The molecule has 4 nitrogen and oxygen atoms in total. The van der Waals surface area contributed by atoms with Crippen molar-refractivity contribution in [3.05, 3.63) is 33.7 Å². The van der Waals surface area contributed by atoms with Gasteiger partial charge in [-0.3, -0.25) is 0 Å². The molecule has 0 atom stereocenters. The Hall–Kier alpha value is -0.840. The average molecular weight is 306 g/mol. The van der Waals surface area contributed by atoms with Crippen molar-refractivity contribution in [3.63, 3.8) is 0 Å². The van der Waals surface area contributed by atoms with Crippen molar-refractivity contribution in [3.8, 4) is 5.82 Å². The third-order valence-corrected chi connectivity index (χ3v) is 3.32. The summed E-state index contributed by atoms with van der Waals surface area (Å²) in [6.45, 7) is 4.07. The predicted molar refractivity (Wildman–Crippen MR) is 72.8 cm³/mol. The van der Waals surface area contributed by atoms with E-state index in [0.717, 1.165) is 11.3 Å². The molecule has 18 heavy (non-hydrogen) atoms. The first-order valence-corrected chi connectivity index (χ1v) is 6.66. The summed E-state index contributed by atoms with van der Waals surface area (Å²) in [5, 5.41) is 12.9. The van der Waals surface area contributed by atoms with E-state index >= 15 is 0 Å². The van der Waals surface area contributed by atoms with Gasteiger partial charge in [0.15, 0.2) is 11.0 Å². The molecule has 2 aromatic heterocycles. The van der Waals surface area contributed by atoms with Crippen LogP contribution in [0.5, 0.6) is 0 Å². The maximum Gasteiger partial charge on any atom is 0.177 e. The lowest BCUT2D eigenvalue weighted by molar-refractivity contribution is 0.746. The lowest BCUT2D eigenvalue weighted by Gasteiger charge is -2.01. The fraction of sp³-hybridized carbons (Fsp3) is 0.364. The molecule has 0 saturated heterocycles. The monoisotopic (exact) mass is 304 g/mol. The largest absolute Gasteiger partial charge is 0.201 e. The van der Waals surface area contributed by atoms with Crippen molar-refractivity contribution in [1.82, 2.24) is 20.0 Å². The minimum absolute atomic E-state index is 0.234. The van der Waals surface area contributed by atoms with Gasteiger partial charge in [-0.1, -0.05) is 37.0 Å². The lowest BCUT2D eigenvalue weighted by atomic mass is 10.1. The quantitative estimate of drug-likeness (QED) is 0.809. The SMILES string of the molecule is CC(C)c1nn(-c2ccc(Cl)nn2)c(Cl)c1CCl. The third kappa shape index (κ3) is 2.46. The van der Waals surface area contributed by atoms with Gasteiger partial charge in [0.25, 0.3) is 0 Å². The molecule has 0 radical (unpaired) electrons. The Morgan fingerprint density at radius 2 is 1.94 bits per heavy atom. The molecule has 0 unspecified atom stereocenters.